The van der Waals surface area contributed by atoms with Gasteiger partial charge in [0.05, 0.1) is 10.0 Å². The van der Waals surface area contributed by atoms with Gasteiger partial charge in [0, 0.05) is 12.2 Å². The quantitative estimate of drug-likeness (QED) is 0.667. The summed E-state index contributed by atoms with van der Waals surface area (Å²) in [7, 11) is 0. The third kappa shape index (κ3) is 4.92. The van der Waals surface area contributed by atoms with Crippen molar-refractivity contribution in [2.45, 2.75) is 20.4 Å². The number of rotatable bonds is 6. The van der Waals surface area contributed by atoms with E-state index >= 15 is 0 Å². The van der Waals surface area contributed by atoms with Crippen LogP contribution in [0.4, 0.5) is 0 Å². The van der Waals surface area contributed by atoms with Crippen LogP contribution < -0.4 is 5.32 Å². The first kappa shape index (κ1) is 16.6. The zero-order valence-electron chi connectivity index (χ0n) is 11.8. The van der Waals surface area contributed by atoms with Crippen LogP contribution in [0.5, 0.6) is 0 Å². The van der Waals surface area contributed by atoms with Crippen molar-refractivity contribution >= 4 is 23.2 Å². The largest absolute Gasteiger partial charge is 0.381 e. The second-order valence-electron chi connectivity index (χ2n) is 4.59. The Morgan fingerprint density at radius 1 is 1.25 bits per heavy atom. The third-order valence-electron chi connectivity index (χ3n) is 2.75. The number of allylic oxidation sites excluding steroid dienone is 4. The fourth-order valence-electron chi connectivity index (χ4n) is 1.69. The number of hydrogen-bond donors (Lipinski definition) is 1. The van der Waals surface area contributed by atoms with E-state index in [9.17, 15) is 0 Å². The van der Waals surface area contributed by atoms with Gasteiger partial charge in [-0.15, -0.1) is 0 Å². The Labute approximate surface area is 131 Å². The standard InChI is InChI=1S/C17H19Cl2N/c1-5-6-7-15(12(2)3)13(4)20-11-14-8-9-16(18)17(19)10-14/h5-10,20H,1,4,11H2,2-3H3/b7-6-. The topological polar surface area (TPSA) is 12.0 Å². The first-order valence-electron chi connectivity index (χ1n) is 6.29. The molecule has 0 saturated heterocycles. The van der Waals surface area contributed by atoms with Gasteiger partial charge in [-0.2, -0.15) is 0 Å². The molecule has 0 aliphatic rings. The minimum atomic E-state index is 0.561. The number of halogens is 2. The molecule has 0 fully saturated rings. The molecule has 1 nitrogen and oxygen atoms in total. The van der Waals surface area contributed by atoms with E-state index in [4.69, 9.17) is 23.2 Å². The molecule has 0 aromatic heterocycles. The highest BCUT2D eigenvalue weighted by molar-refractivity contribution is 6.42. The molecule has 1 rings (SSSR count). The van der Waals surface area contributed by atoms with Crippen molar-refractivity contribution < 1.29 is 0 Å². The summed E-state index contributed by atoms with van der Waals surface area (Å²) in [5.41, 5.74) is 4.19. The molecule has 0 saturated carbocycles. The molecule has 0 radical (unpaired) electrons. The Morgan fingerprint density at radius 2 is 1.95 bits per heavy atom. The molecule has 0 bridgehead atoms. The van der Waals surface area contributed by atoms with Crippen molar-refractivity contribution in [3.63, 3.8) is 0 Å². The number of benzene rings is 1. The lowest BCUT2D eigenvalue weighted by molar-refractivity contribution is 0.825. The molecule has 0 aliphatic carbocycles. The third-order valence-corrected chi connectivity index (χ3v) is 3.49. The zero-order valence-corrected chi connectivity index (χ0v) is 13.4. The van der Waals surface area contributed by atoms with E-state index in [1.54, 1.807) is 12.1 Å². The molecular formula is C17H19Cl2N. The van der Waals surface area contributed by atoms with Gasteiger partial charge in [-0.05, 0) is 37.1 Å². The summed E-state index contributed by atoms with van der Waals surface area (Å²) in [4.78, 5) is 0. The Kier molecular flexibility index (Phi) is 6.63. The van der Waals surface area contributed by atoms with E-state index in [2.05, 4.69) is 32.3 Å². The van der Waals surface area contributed by atoms with Crippen LogP contribution in [-0.4, -0.2) is 0 Å². The predicted molar refractivity (Wildman–Crippen MR) is 90.2 cm³/mol. The van der Waals surface area contributed by atoms with Crippen LogP contribution in [0.1, 0.15) is 19.4 Å². The van der Waals surface area contributed by atoms with E-state index in [0.717, 1.165) is 16.8 Å². The predicted octanol–water partition coefficient (Wildman–Crippen LogP) is 5.68. The lowest BCUT2D eigenvalue weighted by atomic mass is 10.1. The van der Waals surface area contributed by atoms with Crippen LogP contribution in [-0.2, 0) is 6.54 Å². The molecule has 0 amide bonds. The van der Waals surface area contributed by atoms with Gasteiger partial charge in [-0.3, -0.25) is 0 Å². The fraction of sp³-hybridized carbons (Fsp3) is 0.176. The van der Waals surface area contributed by atoms with Gasteiger partial charge in [-0.1, -0.05) is 66.2 Å². The maximum absolute atomic E-state index is 6.00. The molecule has 0 atom stereocenters. The van der Waals surface area contributed by atoms with Gasteiger partial charge in [0.1, 0.15) is 0 Å². The maximum atomic E-state index is 6.00. The molecular weight excluding hydrogens is 289 g/mol. The molecule has 0 unspecified atom stereocenters. The second kappa shape index (κ2) is 7.98. The SMILES string of the molecule is C=C/C=C\C(C(=C)NCc1ccc(Cl)c(Cl)c1)=C(C)C. The molecule has 3 heteroatoms. The minimum Gasteiger partial charge on any atom is -0.381 e. The lowest BCUT2D eigenvalue weighted by Crippen LogP contribution is -2.13. The lowest BCUT2D eigenvalue weighted by Gasteiger charge is -2.13. The highest BCUT2D eigenvalue weighted by Crippen LogP contribution is 2.23. The summed E-state index contributed by atoms with van der Waals surface area (Å²) in [6.45, 7) is 12.5. The molecule has 0 spiro atoms. The van der Waals surface area contributed by atoms with E-state index < -0.39 is 0 Å². The van der Waals surface area contributed by atoms with Crippen molar-refractivity contribution in [3.05, 3.63) is 82.0 Å². The Hall–Kier alpha value is -1.44. The summed E-state index contributed by atoms with van der Waals surface area (Å²) in [6.07, 6.45) is 5.63. The number of nitrogens with one attached hydrogen (secondary N) is 1. The van der Waals surface area contributed by atoms with Crippen LogP contribution >= 0.6 is 23.2 Å². The fourth-order valence-corrected chi connectivity index (χ4v) is 2.01. The summed E-state index contributed by atoms with van der Waals surface area (Å²) >= 11 is 11.9. The van der Waals surface area contributed by atoms with Crippen molar-refractivity contribution in [2.24, 2.45) is 0 Å². The molecule has 0 aliphatic heterocycles. The van der Waals surface area contributed by atoms with Crippen molar-refractivity contribution in [1.82, 2.24) is 5.32 Å². The average Bonchev–Trinajstić information content (AvgIpc) is 2.40. The molecule has 1 aromatic carbocycles. The highest BCUT2D eigenvalue weighted by Gasteiger charge is 2.03. The minimum absolute atomic E-state index is 0.561. The highest BCUT2D eigenvalue weighted by atomic mass is 35.5. The second-order valence-corrected chi connectivity index (χ2v) is 5.40. The van der Waals surface area contributed by atoms with E-state index in [1.165, 1.54) is 5.57 Å². The van der Waals surface area contributed by atoms with Crippen LogP contribution in [0.25, 0.3) is 0 Å². The van der Waals surface area contributed by atoms with E-state index in [0.29, 0.717) is 16.6 Å². The van der Waals surface area contributed by atoms with Crippen molar-refractivity contribution in [3.8, 4) is 0 Å². The summed E-state index contributed by atoms with van der Waals surface area (Å²) in [5.74, 6) is 0. The smallest absolute Gasteiger partial charge is 0.0595 e. The first-order valence-corrected chi connectivity index (χ1v) is 7.05. The maximum Gasteiger partial charge on any atom is 0.0595 e. The normalized spacial score (nSPS) is 10.4. The van der Waals surface area contributed by atoms with Crippen LogP contribution in [0, 0.1) is 0 Å². The van der Waals surface area contributed by atoms with E-state index in [1.807, 2.05) is 24.3 Å². The van der Waals surface area contributed by atoms with Gasteiger partial charge < -0.3 is 5.32 Å². The molecule has 20 heavy (non-hydrogen) atoms. The summed E-state index contributed by atoms with van der Waals surface area (Å²) in [5, 5.41) is 4.42. The molecule has 1 N–H and O–H groups in total. The van der Waals surface area contributed by atoms with Crippen LogP contribution in [0.3, 0.4) is 0 Å². The van der Waals surface area contributed by atoms with Gasteiger partial charge in [0.15, 0.2) is 0 Å². The Morgan fingerprint density at radius 3 is 2.50 bits per heavy atom. The van der Waals surface area contributed by atoms with Crippen molar-refractivity contribution in [1.29, 1.82) is 0 Å². The molecule has 0 heterocycles. The first-order chi connectivity index (χ1) is 9.45. The van der Waals surface area contributed by atoms with Gasteiger partial charge in [-0.25, -0.2) is 0 Å². The van der Waals surface area contributed by atoms with Crippen LogP contribution in [0.2, 0.25) is 10.0 Å². The van der Waals surface area contributed by atoms with Crippen LogP contribution in [0.15, 0.2) is 66.4 Å². The van der Waals surface area contributed by atoms with Gasteiger partial charge in [0.2, 0.25) is 0 Å². The van der Waals surface area contributed by atoms with Crippen molar-refractivity contribution in [2.75, 3.05) is 0 Å². The molecule has 106 valence electrons. The van der Waals surface area contributed by atoms with E-state index in [-0.39, 0.29) is 0 Å². The zero-order chi connectivity index (χ0) is 15.1. The summed E-state index contributed by atoms with van der Waals surface area (Å²) < 4.78 is 0. The molecule has 1 aromatic rings. The monoisotopic (exact) mass is 307 g/mol. The van der Waals surface area contributed by atoms with Gasteiger partial charge >= 0.3 is 0 Å². The Balaban J connectivity index is 2.75. The Bertz CT molecular complexity index is 564. The number of hydrogen-bond acceptors (Lipinski definition) is 1. The summed E-state index contributed by atoms with van der Waals surface area (Å²) in [6, 6.07) is 5.59. The van der Waals surface area contributed by atoms with Gasteiger partial charge in [0.25, 0.3) is 0 Å². The average molecular weight is 308 g/mol.